The molecule has 0 fully saturated rings. The Balaban J connectivity index is 2.39. The van der Waals surface area contributed by atoms with Crippen molar-refractivity contribution >= 4 is 0 Å². The van der Waals surface area contributed by atoms with Crippen molar-refractivity contribution in [3.63, 3.8) is 0 Å². The molecular weight excluding hydrogens is 241 g/mol. The second-order valence-corrected chi connectivity index (χ2v) is 4.75. The Bertz CT molecular complexity index is 561. The van der Waals surface area contributed by atoms with E-state index in [1.807, 2.05) is 26.0 Å². The highest BCUT2D eigenvalue weighted by molar-refractivity contribution is 5.42. The van der Waals surface area contributed by atoms with E-state index < -0.39 is 0 Å². The zero-order valence-corrected chi connectivity index (χ0v) is 11.7. The van der Waals surface area contributed by atoms with E-state index in [4.69, 9.17) is 0 Å². The molecule has 1 N–H and O–H groups in total. The van der Waals surface area contributed by atoms with Gasteiger partial charge in [-0.05, 0) is 45.0 Å². The number of aryl methyl sites for hydroxylation is 2. The average molecular weight is 261 g/mol. The normalized spacial score (nSPS) is 10.9. The van der Waals surface area contributed by atoms with E-state index in [-0.39, 0.29) is 5.82 Å². The van der Waals surface area contributed by atoms with Crippen LogP contribution in [-0.2, 0) is 6.54 Å². The van der Waals surface area contributed by atoms with E-state index >= 15 is 0 Å². The van der Waals surface area contributed by atoms with Gasteiger partial charge in [0.05, 0.1) is 11.4 Å². The molecule has 0 amide bonds. The summed E-state index contributed by atoms with van der Waals surface area (Å²) in [6.07, 6.45) is 1.03. The number of hydrogen-bond acceptors (Lipinski definition) is 2. The van der Waals surface area contributed by atoms with Crippen molar-refractivity contribution in [2.45, 2.75) is 33.7 Å². The summed E-state index contributed by atoms with van der Waals surface area (Å²) in [5.74, 6) is -0.186. The Morgan fingerprint density at radius 1 is 1.32 bits per heavy atom. The Labute approximate surface area is 113 Å². The van der Waals surface area contributed by atoms with Gasteiger partial charge in [-0.2, -0.15) is 5.10 Å². The molecule has 0 bridgehead atoms. The third-order valence-corrected chi connectivity index (χ3v) is 3.06. The van der Waals surface area contributed by atoms with Crippen LogP contribution in [0.15, 0.2) is 24.3 Å². The lowest BCUT2D eigenvalue weighted by Gasteiger charge is -2.12. The van der Waals surface area contributed by atoms with Crippen LogP contribution in [0.3, 0.4) is 0 Å². The molecule has 19 heavy (non-hydrogen) atoms. The van der Waals surface area contributed by atoms with Crippen LogP contribution in [0.2, 0.25) is 0 Å². The van der Waals surface area contributed by atoms with Gasteiger partial charge in [0.1, 0.15) is 5.82 Å². The molecule has 0 aliphatic rings. The summed E-state index contributed by atoms with van der Waals surface area (Å²) in [6.45, 7) is 7.42. The maximum absolute atomic E-state index is 14.0. The van der Waals surface area contributed by atoms with E-state index in [1.54, 1.807) is 10.7 Å². The average Bonchev–Trinajstić information content (AvgIpc) is 2.70. The van der Waals surface area contributed by atoms with Gasteiger partial charge in [0.25, 0.3) is 0 Å². The van der Waals surface area contributed by atoms with Crippen molar-refractivity contribution in [1.82, 2.24) is 15.1 Å². The minimum absolute atomic E-state index is 0.186. The molecule has 1 aromatic heterocycles. The van der Waals surface area contributed by atoms with E-state index in [9.17, 15) is 4.39 Å². The summed E-state index contributed by atoms with van der Waals surface area (Å²) in [4.78, 5) is 0. The lowest BCUT2D eigenvalue weighted by Crippen LogP contribution is -2.17. The topological polar surface area (TPSA) is 29.9 Å². The standard InChI is InChI=1S/C15H20FN3/c1-4-8-17-10-13-14(16)6-5-7-15(13)19-12(3)9-11(2)18-19/h5-7,9,17H,4,8,10H2,1-3H3. The third-order valence-electron chi connectivity index (χ3n) is 3.06. The van der Waals surface area contributed by atoms with Gasteiger partial charge in [0, 0.05) is 17.8 Å². The van der Waals surface area contributed by atoms with Crippen LogP contribution in [0.25, 0.3) is 5.69 Å². The van der Waals surface area contributed by atoms with E-state index in [0.717, 1.165) is 30.0 Å². The van der Waals surface area contributed by atoms with Crippen molar-refractivity contribution in [3.05, 3.63) is 47.0 Å². The zero-order valence-electron chi connectivity index (χ0n) is 11.7. The monoisotopic (exact) mass is 261 g/mol. The van der Waals surface area contributed by atoms with Crippen molar-refractivity contribution in [3.8, 4) is 5.69 Å². The molecule has 1 heterocycles. The van der Waals surface area contributed by atoms with Gasteiger partial charge >= 0.3 is 0 Å². The van der Waals surface area contributed by atoms with Gasteiger partial charge in [-0.3, -0.25) is 0 Å². The number of halogens is 1. The molecule has 0 atom stereocenters. The fourth-order valence-electron chi connectivity index (χ4n) is 2.18. The summed E-state index contributed by atoms with van der Waals surface area (Å²) in [5.41, 5.74) is 3.44. The predicted octanol–water partition coefficient (Wildman–Crippen LogP) is 3.13. The van der Waals surface area contributed by atoms with Crippen LogP contribution in [0.5, 0.6) is 0 Å². The van der Waals surface area contributed by atoms with Gasteiger partial charge < -0.3 is 5.32 Å². The minimum Gasteiger partial charge on any atom is -0.312 e. The van der Waals surface area contributed by atoms with Crippen LogP contribution >= 0.6 is 0 Å². The molecule has 0 spiro atoms. The molecule has 1 aromatic carbocycles. The molecule has 0 aliphatic heterocycles. The molecule has 3 nitrogen and oxygen atoms in total. The minimum atomic E-state index is -0.186. The summed E-state index contributed by atoms with van der Waals surface area (Å²) in [6, 6.07) is 7.13. The van der Waals surface area contributed by atoms with Crippen molar-refractivity contribution in [2.24, 2.45) is 0 Å². The highest BCUT2D eigenvalue weighted by Gasteiger charge is 2.12. The SMILES string of the molecule is CCCNCc1c(F)cccc1-n1nc(C)cc1C. The Kier molecular flexibility index (Phi) is 4.32. The second kappa shape index (κ2) is 5.97. The number of rotatable bonds is 5. The lowest BCUT2D eigenvalue weighted by atomic mass is 10.1. The quantitative estimate of drug-likeness (QED) is 0.838. The molecule has 0 aliphatic carbocycles. The molecular formula is C15H20FN3. The molecule has 0 unspecified atom stereocenters. The van der Waals surface area contributed by atoms with E-state index in [2.05, 4.69) is 17.3 Å². The molecule has 4 heteroatoms. The first-order valence-electron chi connectivity index (χ1n) is 6.65. The molecule has 2 rings (SSSR count). The van der Waals surface area contributed by atoms with E-state index in [1.165, 1.54) is 6.07 Å². The predicted molar refractivity (Wildman–Crippen MR) is 75.0 cm³/mol. The number of hydrogen-bond donors (Lipinski definition) is 1. The fraction of sp³-hybridized carbons (Fsp3) is 0.400. The molecule has 102 valence electrons. The zero-order chi connectivity index (χ0) is 13.8. The van der Waals surface area contributed by atoms with Crippen LogP contribution in [0.4, 0.5) is 4.39 Å². The number of nitrogens with one attached hydrogen (secondary N) is 1. The van der Waals surface area contributed by atoms with Crippen LogP contribution < -0.4 is 5.32 Å². The molecule has 2 aromatic rings. The molecule has 0 radical (unpaired) electrons. The first-order chi connectivity index (χ1) is 9.13. The third kappa shape index (κ3) is 3.01. The highest BCUT2D eigenvalue weighted by Crippen LogP contribution is 2.19. The molecule has 0 saturated heterocycles. The molecule has 0 saturated carbocycles. The van der Waals surface area contributed by atoms with Gasteiger partial charge in [-0.25, -0.2) is 9.07 Å². The largest absolute Gasteiger partial charge is 0.312 e. The smallest absolute Gasteiger partial charge is 0.129 e. The number of nitrogens with zero attached hydrogens (tertiary/aromatic N) is 2. The summed E-state index contributed by atoms with van der Waals surface area (Å²) in [5, 5.41) is 7.68. The van der Waals surface area contributed by atoms with Crippen molar-refractivity contribution < 1.29 is 4.39 Å². The number of benzene rings is 1. The van der Waals surface area contributed by atoms with Gasteiger partial charge in [0.15, 0.2) is 0 Å². The first kappa shape index (κ1) is 13.7. The Morgan fingerprint density at radius 3 is 2.74 bits per heavy atom. The van der Waals surface area contributed by atoms with Gasteiger partial charge in [-0.1, -0.05) is 13.0 Å². The Morgan fingerprint density at radius 2 is 2.11 bits per heavy atom. The van der Waals surface area contributed by atoms with Crippen LogP contribution in [-0.4, -0.2) is 16.3 Å². The summed E-state index contributed by atoms with van der Waals surface area (Å²) < 4.78 is 15.8. The van der Waals surface area contributed by atoms with E-state index in [0.29, 0.717) is 12.1 Å². The lowest BCUT2D eigenvalue weighted by molar-refractivity contribution is 0.581. The van der Waals surface area contributed by atoms with Crippen LogP contribution in [0.1, 0.15) is 30.3 Å². The maximum atomic E-state index is 14.0. The summed E-state index contributed by atoms with van der Waals surface area (Å²) in [7, 11) is 0. The van der Waals surface area contributed by atoms with Gasteiger partial charge in [-0.15, -0.1) is 0 Å². The van der Waals surface area contributed by atoms with Crippen molar-refractivity contribution in [2.75, 3.05) is 6.54 Å². The Hall–Kier alpha value is -1.68. The second-order valence-electron chi connectivity index (χ2n) is 4.75. The summed E-state index contributed by atoms with van der Waals surface area (Å²) >= 11 is 0. The first-order valence-corrected chi connectivity index (χ1v) is 6.65. The van der Waals surface area contributed by atoms with Crippen molar-refractivity contribution in [1.29, 1.82) is 0 Å². The fourth-order valence-corrected chi connectivity index (χ4v) is 2.18. The van der Waals surface area contributed by atoms with Crippen LogP contribution in [0, 0.1) is 19.7 Å². The van der Waals surface area contributed by atoms with Gasteiger partial charge in [0.2, 0.25) is 0 Å². The maximum Gasteiger partial charge on any atom is 0.129 e. The number of aromatic nitrogens is 2. The highest BCUT2D eigenvalue weighted by atomic mass is 19.1.